The Bertz CT molecular complexity index is 374. The fraction of sp³-hybridized carbons (Fsp3) is 0.538. The lowest BCUT2D eigenvalue weighted by molar-refractivity contribution is 0.152. The minimum absolute atomic E-state index is 0.310. The molecule has 0 aliphatic carbocycles. The van der Waals surface area contributed by atoms with Crippen molar-refractivity contribution in [3.05, 3.63) is 29.6 Å². The molecule has 1 aromatic rings. The Balaban J connectivity index is 2.29. The minimum atomic E-state index is -0.662. The van der Waals surface area contributed by atoms with E-state index in [0.717, 1.165) is 31.8 Å². The summed E-state index contributed by atoms with van der Waals surface area (Å²) in [6, 6.07) is 4.58. The van der Waals surface area contributed by atoms with Gasteiger partial charge in [-0.05, 0) is 31.5 Å². The van der Waals surface area contributed by atoms with Crippen molar-refractivity contribution < 1.29 is 14.2 Å². The third-order valence-corrected chi connectivity index (χ3v) is 3.00. The number of benzene rings is 1. The van der Waals surface area contributed by atoms with Crippen molar-refractivity contribution in [3.63, 3.8) is 0 Å². The molecule has 1 fully saturated rings. The molecule has 1 aliphatic rings. The molecule has 2 rings (SSSR count). The summed E-state index contributed by atoms with van der Waals surface area (Å²) in [5, 5.41) is 9.71. The van der Waals surface area contributed by atoms with Gasteiger partial charge in [0.15, 0.2) is 0 Å². The first-order valence-electron chi connectivity index (χ1n) is 5.98. The predicted octanol–water partition coefficient (Wildman–Crippen LogP) is 2.11. The molecule has 0 radical (unpaired) electrons. The van der Waals surface area contributed by atoms with Crippen molar-refractivity contribution in [2.75, 3.05) is 31.2 Å². The van der Waals surface area contributed by atoms with E-state index in [1.165, 1.54) is 12.1 Å². The van der Waals surface area contributed by atoms with Crippen LogP contribution in [0.4, 0.5) is 10.1 Å². The van der Waals surface area contributed by atoms with Gasteiger partial charge in [0.2, 0.25) is 0 Å². The average molecular weight is 239 g/mol. The maximum absolute atomic E-state index is 13.2. The van der Waals surface area contributed by atoms with Crippen LogP contribution < -0.4 is 4.90 Å². The molecule has 94 valence electrons. The minimum Gasteiger partial charge on any atom is -0.389 e. The smallest absolute Gasteiger partial charge is 0.123 e. The second kappa shape index (κ2) is 5.47. The lowest BCUT2D eigenvalue weighted by Crippen LogP contribution is -2.27. The summed E-state index contributed by atoms with van der Waals surface area (Å²) in [5.74, 6) is -0.310. The average Bonchev–Trinajstić information content (AvgIpc) is 2.57. The zero-order valence-corrected chi connectivity index (χ0v) is 10.0. The highest BCUT2D eigenvalue weighted by Crippen LogP contribution is 2.27. The molecule has 3 nitrogen and oxygen atoms in total. The monoisotopic (exact) mass is 239 g/mol. The molecule has 1 N–H and O–H groups in total. The summed E-state index contributed by atoms with van der Waals surface area (Å²) in [6.07, 6.45) is 0.293. The fourth-order valence-electron chi connectivity index (χ4n) is 2.13. The van der Waals surface area contributed by atoms with Crippen LogP contribution in [0.1, 0.15) is 25.0 Å². The number of hydrogen-bond donors (Lipinski definition) is 1. The summed E-state index contributed by atoms with van der Waals surface area (Å²) < 4.78 is 18.6. The second-order valence-electron chi connectivity index (χ2n) is 4.33. The number of hydrogen-bond acceptors (Lipinski definition) is 3. The van der Waals surface area contributed by atoms with Gasteiger partial charge in [0, 0.05) is 30.9 Å². The van der Waals surface area contributed by atoms with Crippen LogP contribution in [0.15, 0.2) is 18.2 Å². The molecule has 1 aromatic carbocycles. The van der Waals surface area contributed by atoms with Gasteiger partial charge in [-0.25, -0.2) is 4.39 Å². The molecular formula is C13H18FNO2. The van der Waals surface area contributed by atoms with E-state index >= 15 is 0 Å². The number of aliphatic hydroxyl groups excluding tert-OH is 1. The number of nitrogens with zero attached hydrogens (tertiary/aromatic N) is 1. The van der Waals surface area contributed by atoms with Crippen molar-refractivity contribution in [1.29, 1.82) is 0 Å². The molecule has 1 saturated heterocycles. The van der Waals surface area contributed by atoms with Crippen molar-refractivity contribution in [2.45, 2.75) is 19.4 Å². The Morgan fingerprint density at radius 2 is 2.18 bits per heavy atom. The summed E-state index contributed by atoms with van der Waals surface area (Å²) in [5.41, 5.74) is 1.55. The highest BCUT2D eigenvalue weighted by Gasteiger charge is 2.16. The van der Waals surface area contributed by atoms with Gasteiger partial charge in [-0.15, -0.1) is 0 Å². The Labute approximate surface area is 101 Å². The lowest BCUT2D eigenvalue weighted by atomic mass is 10.1. The Hall–Kier alpha value is -1.13. The van der Waals surface area contributed by atoms with E-state index in [0.29, 0.717) is 12.2 Å². The summed E-state index contributed by atoms with van der Waals surface area (Å²) in [4.78, 5) is 2.15. The molecule has 17 heavy (non-hydrogen) atoms. The number of anilines is 1. The molecule has 1 atom stereocenters. The van der Waals surface area contributed by atoms with Crippen LogP contribution in [-0.4, -0.2) is 31.4 Å². The topological polar surface area (TPSA) is 32.7 Å². The van der Waals surface area contributed by atoms with E-state index in [1.54, 1.807) is 13.0 Å². The van der Waals surface area contributed by atoms with Crippen LogP contribution in [0.2, 0.25) is 0 Å². The van der Waals surface area contributed by atoms with Crippen LogP contribution in [-0.2, 0) is 4.74 Å². The predicted molar refractivity (Wildman–Crippen MR) is 64.7 cm³/mol. The third-order valence-electron chi connectivity index (χ3n) is 3.00. The van der Waals surface area contributed by atoms with Gasteiger partial charge in [0.25, 0.3) is 0 Å². The van der Waals surface area contributed by atoms with Gasteiger partial charge in [0.1, 0.15) is 5.82 Å². The molecular weight excluding hydrogens is 221 g/mol. The molecule has 0 amide bonds. The van der Waals surface area contributed by atoms with Gasteiger partial charge < -0.3 is 14.7 Å². The first-order valence-corrected chi connectivity index (χ1v) is 5.98. The summed E-state index contributed by atoms with van der Waals surface area (Å²) in [6.45, 7) is 4.77. The van der Waals surface area contributed by atoms with Gasteiger partial charge >= 0.3 is 0 Å². The van der Waals surface area contributed by atoms with Crippen LogP contribution in [0.3, 0.4) is 0 Å². The second-order valence-corrected chi connectivity index (χ2v) is 4.33. The molecule has 1 heterocycles. The molecule has 0 spiro atoms. The van der Waals surface area contributed by atoms with Crippen LogP contribution in [0.5, 0.6) is 0 Å². The first-order chi connectivity index (χ1) is 8.18. The highest BCUT2D eigenvalue weighted by molar-refractivity contribution is 5.54. The van der Waals surface area contributed by atoms with Crippen LogP contribution >= 0.6 is 0 Å². The van der Waals surface area contributed by atoms with Crippen molar-refractivity contribution in [3.8, 4) is 0 Å². The zero-order valence-electron chi connectivity index (χ0n) is 10.0. The maximum Gasteiger partial charge on any atom is 0.123 e. The molecule has 0 bridgehead atoms. The Kier molecular flexibility index (Phi) is 3.97. The number of halogens is 1. The largest absolute Gasteiger partial charge is 0.389 e. The number of aliphatic hydroxyl groups is 1. The number of rotatable bonds is 2. The van der Waals surface area contributed by atoms with Crippen molar-refractivity contribution in [2.24, 2.45) is 0 Å². The first kappa shape index (κ1) is 12.3. The van der Waals surface area contributed by atoms with E-state index in [4.69, 9.17) is 4.74 Å². The van der Waals surface area contributed by atoms with Crippen LogP contribution in [0, 0.1) is 5.82 Å². The summed E-state index contributed by atoms with van der Waals surface area (Å²) in [7, 11) is 0. The van der Waals surface area contributed by atoms with Gasteiger partial charge in [0.05, 0.1) is 12.7 Å². The fourth-order valence-corrected chi connectivity index (χ4v) is 2.13. The highest BCUT2D eigenvalue weighted by atomic mass is 19.1. The normalized spacial score (nSPS) is 18.9. The van der Waals surface area contributed by atoms with Gasteiger partial charge in [-0.2, -0.15) is 0 Å². The van der Waals surface area contributed by atoms with E-state index in [9.17, 15) is 9.50 Å². The molecule has 0 saturated carbocycles. The Morgan fingerprint density at radius 1 is 1.35 bits per heavy atom. The van der Waals surface area contributed by atoms with E-state index < -0.39 is 6.10 Å². The molecule has 0 aromatic heterocycles. The van der Waals surface area contributed by atoms with Gasteiger partial charge in [-0.3, -0.25) is 0 Å². The van der Waals surface area contributed by atoms with Crippen molar-refractivity contribution in [1.82, 2.24) is 0 Å². The van der Waals surface area contributed by atoms with Gasteiger partial charge in [-0.1, -0.05) is 0 Å². The van der Waals surface area contributed by atoms with Crippen molar-refractivity contribution >= 4 is 5.69 Å². The standard InChI is InChI=1S/C13H18FNO2/c1-10(16)12-9-11(14)3-4-13(12)15-5-2-7-17-8-6-15/h3-4,9-10,16H,2,5-8H2,1H3/t10-/m0/s1. The zero-order chi connectivity index (χ0) is 12.3. The lowest BCUT2D eigenvalue weighted by Gasteiger charge is -2.25. The molecule has 4 heteroatoms. The SMILES string of the molecule is C[C@H](O)c1cc(F)ccc1N1CCCOCC1. The quantitative estimate of drug-likeness (QED) is 0.858. The number of ether oxygens (including phenoxy) is 1. The maximum atomic E-state index is 13.2. The molecule has 0 unspecified atom stereocenters. The summed E-state index contributed by atoms with van der Waals surface area (Å²) >= 11 is 0. The van der Waals surface area contributed by atoms with E-state index in [1.807, 2.05) is 0 Å². The van der Waals surface area contributed by atoms with E-state index in [2.05, 4.69) is 4.90 Å². The molecule has 1 aliphatic heterocycles. The third kappa shape index (κ3) is 2.96. The Morgan fingerprint density at radius 3 is 2.94 bits per heavy atom. The van der Waals surface area contributed by atoms with Crippen LogP contribution in [0.25, 0.3) is 0 Å². The van der Waals surface area contributed by atoms with E-state index in [-0.39, 0.29) is 5.82 Å².